The van der Waals surface area contributed by atoms with E-state index >= 15 is 0 Å². The monoisotopic (exact) mass is 354 g/mol. The van der Waals surface area contributed by atoms with Crippen molar-refractivity contribution in [3.05, 3.63) is 65.1 Å². The summed E-state index contributed by atoms with van der Waals surface area (Å²) >= 11 is 1.75. The van der Waals surface area contributed by atoms with Crippen LogP contribution in [-0.4, -0.2) is 32.5 Å². The number of amides is 1. The lowest BCUT2D eigenvalue weighted by Gasteiger charge is -2.18. The molecule has 3 rings (SSSR count). The van der Waals surface area contributed by atoms with Crippen molar-refractivity contribution in [1.29, 1.82) is 0 Å². The van der Waals surface area contributed by atoms with Crippen molar-refractivity contribution in [2.45, 2.75) is 26.3 Å². The van der Waals surface area contributed by atoms with Gasteiger partial charge in [0.15, 0.2) is 11.5 Å². The van der Waals surface area contributed by atoms with E-state index in [1.165, 1.54) is 0 Å². The van der Waals surface area contributed by atoms with E-state index in [9.17, 15) is 4.79 Å². The molecule has 1 amide bonds. The highest BCUT2D eigenvalue weighted by Crippen LogP contribution is 2.20. The number of hydrogen-bond acceptors (Lipinski definition) is 4. The van der Waals surface area contributed by atoms with Crippen LogP contribution in [0.3, 0.4) is 0 Å². The first-order valence-electron chi connectivity index (χ1n) is 8.27. The minimum atomic E-state index is -0.183. The van der Waals surface area contributed by atoms with Gasteiger partial charge in [0, 0.05) is 11.8 Å². The van der Waals surface area contributed by atoms with Gasteiger partial charge in [-0.1, -0.05) is 18.2 Å². The first-order chi connectivity index (χ1) is 12.1. The predicted molar refractivity (Wildman–Crippen MR) is 102 cm³/mol. The molecule has 0 aliphatic carbocycles. The number of nitrogens with zero attached hydrogens (tertiary/aromatic N) is 3. The molecular weight excluding hydrogens is 332 g/mol. The van der Waals surface area contributed by atoms with Gasteiger partial charge >= 0.3 is 0 Å². The van der Waals surface area contributed by atoms with Crippen LogP contribution in [0.4, 0.5) is 0 Å². The molecule has 0 radical (unpaired) electrons. The minimum Gasteiger partial charge on any atom is -0.342 e. The summed E-state index contributed by atoms with van der Waals surface area (Å²) in [5.74, 6) is 1.63. The van der Waals surface area contributed by atoms with Gasteiger partial charge in [-0.05, 0) is 61.6 Å². The number of aryl methyl sites for hydroxylation is 1. The molecule has 3 aromatic rings. The second-order valence-corrected chi connectivity index (χ2v) is 7.03. The first-order valence-corrected chi connectivity index (χ1v) is 9.67. The van der Waals surface area contributed by atoms with E-state index in [0.29, 0.717) is 5.56 Å². The zero-order chi connectivity index (χ0) is 17.8. The molecule has 1 N–H and O–H groups in total. The molecule has 0 bridgehead atoms. The van der Waals surface area contributed by atoms with Crippen LogP contribution in [0.1, 0.15) is 39.8 Å². The third kappa shape index (κ3) is 3.69. The lowest BCUT2D eigenvalue weighted by Crippen LogP contribution is -2.31. The number of benzene rings is 1. The Bertz CT molecular complexity index is 890. The van der Waals surface area contributed by atoms with Crippen LogP contribution in [-0.2, 0) is 0 Å². The van der Waals surface area contributed by atoms with E-state index in [2.05, 4.69) is 21.8 Å². The molecule has 130 valence electrons. The molecule has 5 nitrogen and oxygen atoms in total. The van der Waals surface area contributed by atoms with Crippen LogP contribution < -0.4 is 5.32 Å². The lowest BCUT2D eigenvalue weighted by molar-refractivity contribution is 0.0933. The largest absolute Gasteiger partial charge is 0.342 e. The molecule has 6 heteroatoms. The maximum atomic E-state index is 12.8. The van der Waals surface area contributed by atoms with Crippen molar-refractivity contribution < 1.29 is 4.79 Å². The van der Waals surface area contributed by atoms with Gasteiger partial charge in [0.25, 0.3) is 5.91 Å². The molecule has 0 saturated heterocycles. The summed E-state index contributed by atoms with van der Waals surface area (Å²) < 4.78 is 1.94. The second kappa shape index (κ2) is 7.70. The fraction of sp³-hybridized carbons (Fsp3) is 0.316. The van der Waals surface area contributed by atoms with E-state index in [1.807, 2.05) is 60.8 Å². The van der Waals surface area contributed by atoms with Crippen LogP contribution >= 0.6 is 11.8 Å². The Hall–Kier alpha value is -2.34. The topological polar surface area (TPSA) is 59.3 Å². The summed E-state index contributed by atoms with van der Waals surface area (Å²) in [5.41, 5.74) is 3.62. The van der Waals surface area contributed by atoms with E-state index in [0.717, 1.165) is 34.8 Å². The van der Waals surface area contributed by atoms with Crippen LogP contribution in [0.15, 0.2) is 42.6 Å². The number of pyridine rings is 1. The molecule has 0 fully saturated rings. The van der Waals surface area contributed by atoms with Gasteiger partial charge in [-0.25, -0.2) is 0 Å². The average molecular weight is 354 g/mol. The number of fused-ring (bicyclic) bond motifs is 1. The Kier molecular flexibility index (Phi) is 5.38. The molecule has 1 aromatic carbocycles. The summed E-state index contributed by atoms with van der Waals surface area (Å²) in [4.78, 5) is 12.8. The second-order valence-electron chi connectivity index (χ2n) is 6.04. The minimum absolute atomic E-state index is 0.0695. The van der Waals surface area contributed by atoms with Gasteiger partial charge < -0.3 is 5.32 Å². The fourth-order valence-electron chi connectivity index (χ4n) is 2.83. The standard InChI is InChI=1S/C19H22N4OS/c1-13-7-6-8-15(14(13)2)19(24)20-16(10-12-25-3)18-22-21-17-9-4-5-11-23(17)18/h4-9,11,16H,10,12H2,1-3H3,(H,20,24). The lowest BCUT2D eigenvalue weighted by atomic mass is 10.0. The number of aromatic nitrogens is 3. The number of carbonyl (C=O) groups excluding carboxylic acids is 1. The van der Waals surface area contributed by atoms with Crippen molar-refractivity contribution in [2.75, 3.05) is 12.0 Å². The Balaban J connectivity index is 1.91. The summed E-state index contributed by atoms with van der Waals surface area (Å²) in [6.07, 6.45) is 4.79. The zero-order valence-electron chi connectivity index (χ0n) is 14.7. The van der Waals surface area contributed by atoms with Gasteiger partial charge in [-0.3, -0.25) is 9.20 Å². The molecule has 0 aliphatic rings. The summed E-state index contributed by atoms with van der Waals surface area (Å²) in [5, 5.41) is 11.7. The predicted octanol–water partition coefficient (Wildman–Crippen LogP) is 3.57. The quantitative estimate of drug-likeness (QED) is 0.735. The molecular formula is C19H22N4OS. The Morgan fingerprint density at radius 1 is 1.20 bits per heavy atom. The van der Waals surface area contributed by atoms with Gasteiger partial charge in [0.2, 0.25) is 0 Å². The normalized spacial score (nSPS) is 12.3. The smallest absolute Gasteiger partial charge is 0.252 e. The fourth-order valence-corrected chi connectivity index (χ4v) is 3.30. The van der Waals surface area contributed by atoms with E-state index in [1.54, 1.807) is 11.8 Å². The third-order valence-electron chi connectivity index (χ3n) is 4.42. The molecule has 1 unspecified atom stereocenters. The summed E-state index contributed by atoms with van der Waals surface area (Å²) in [6.45, 7) is 4.00. The molecule has 0 saturated carbocycles. The SMILES string of the molecule is CSCCC(NC(=O)c1cccc(C)c1C)c1nnc2ccccn12. The Morgan fingerprint density at radius 2 is 2.04 bits per heavy atom. The highest BCUT2D eigenvalue weighted by Gasteiger charge is 2.21. The molecule has 25 heavy (non-hydrogen) atoms. The van der Waals surface area contributed by atoms with E-state index < -0.39 is 0 Å². The number of carbonyl (C=O) groups is 1. The maximum absolute atomic E-state index is 12.8. The molecule has 1 atom stereocenters. The van der Waals surface area contributed by atoms with Gasteiger partial charge in [0.05, 0.1) is 6.04 Å². The van der Waals surface area contributed by atoms with Crippen molar-refractivity contribution in [2.24, 2.45) is 0 Å². The van der Waals surface area contributed by atoms with Crippen LogP contribution in [0.2, 0.25) is 0 Å². The third-order valence-corrected chi connectivity index (χ3v) is 5.06. The number of rotatable bonds is 6. The highest BCUT2D eigenvalue weighted by molar-refractivity contribution is 7.98. The Labute approximate surface area is 151 Å². The Morgan fingerprint density at radius 3 is 2.84 bits per heavy atom. The van der Waals surface area contributed by atoms with Gasteiger partial charge in [-0.15, -0.1) is 10.2 Å². The first kappa shape index (κ1) is 17.5. The zero-order valence-corrected chi connectivity index (χ0v) is 15.5. The van der Waals surface area contributed by atoms with Crippen LogP contribution in [0, 0.1) is 13.8 Å². The van der Waals surface area contributed by atoms with Crippen LogP contribution in [0.5, 0.6) is 0 Å². The molecule has 0 aliphatic heterocycles. The number of hydrogen-bond donors (Lipinski definition) is 1. The number of nitrogens with one attached hydrogen (secondary N) is 1. The average Bonchev–Trinajstić information content (AvgIpc) is 3.05. The summed E-state index contributed by atoms with van der Waals surface area (Å²) in [6, 6.07) is 11.4. The van der Waals surface area contributed by atoms with E-state index in [-0.39, 0.29) is 11.9 Å². The number of thioether (sulfide) groups is 1. The molecule has 0 spiro atoms. The van der Waals surface area contributed by atoms with Crippen molar-refractivity contribution in [3.63, 3.8) is 0 Å². The van der Waals surface area contributed by atoms with Gasteiger partial charge in [0.1, 0.15) is 0 Å². The maximum Gasteiger partial charge on any atom is 0.252 e. The van der Waals surface area contributed by atoms with Crippen molar-refractivity contribution in [1.82, 2.24) is 19.9 Å². The van der Waals surface area contributed by atoms with Crippen molar-refractivity contribution in [3.8, 4) is 0 Å². The molecule has 2 aromatic heterocycles. The van der Waals surface area contributed by atoms with Gasteiger partial charge in [-0.2, -0.15) is 11.8 Å². The van der Waals surface area contributed by atoms with Crippen molar-refractivity contribution >= 4 is 23.3 Å². The summed E-state index contributed by atoms with van der Waals surface area (Å²) in [7, 11) is 0. The molecule has 2 heterocycles. The van der Waals surface area contributed by atoms with Crippen LogP contribution in [0.25, 0.3) is 5.65 Å². The van der Waals surface area contributed by atoms with E-state index in [4.69, 9.17) is 0 Å². The highest BCUT2D eigenvalue weighted by atomic mass is 32.2.